The number of halogens is 1. The first-order valence-corrected chi connectivity index (χ1v) is 7.23. The van der Waals surface area contributed by atoms with Crippen molar-refractivity contribution in [1.82, 2.24) is 5.32 Å². The van der Waals surface area contributed by atoms with Crippen molar-refractivity contribution in [3.63, 3.8) is 0 Å². The summed E-state index contributed by atoms with van der Waals surface area (Å²) in [5.74, 6) is 1.38. The van der Waals surface area contributed by atoms with E-state index in [-0.39, 0.29) is 5.82 Å². The van der Waals surface area contributed by atoms with Crippen molar-refractivity contribution in [2.24, 2.45) is 5.92 Å². The smallest absolute Gasteiger partial charge is 0.137 e. The number of benzene rings is 1. The Morgan fingerprint density at radius 2 is 2.17 bits per heavy atom. The van der Waals surface area contributed by atoms with Gasteiger partial charge in [0.1, 0.15) is 5.82 Å². The van der Waals surface area contributed by atoms with Gasteiger partial charge in [0, 0.05) is 30.8 Å². The van der Waals surface area contributed by atoms with Crippen LogP contribution in [0.3, 0.4) is 0 Å². The van der Waals surface area contributed by atoms with Gasteiger partial charge < -0.3 is 10.1 Å². The van der Waals surface area contributed by atoms with Crippen LogP contribution in [-0.2, 0) is 11.3 Å². The summed E-state index contributed by atoms with van der Waals surface area (Å²) in [6, 6.07) is 5.27. The Hall–Kier alpha value is -0.580. The second-order valence-corrected chi connectivity index (χ2v) is 5.63. The van der Waals surface area contributed by atoms with Gasteiger partial charge in [-0.2, -0.15) is 0 Å². The first-order chi connectivity index (χ1) is 8.65. The molecule has 102 valence electrons. The highest BCUT2D eigenvalue weighted by Crippen LogP contribution is 2.27. The Morgan fingerprint density at radius 3 is 2.83 bits per heavy atom. The molecular weight excluding hydrogens is 249 g/mol. The van der Waals surface area contributed by atoms with Crippen LogP contribution >= 0.6 is 11.8 Å². The Morgan fingerprint density at radius 1 is 1.39 bits per heavy atom. The molecule has 0 fully saturated rings. The first-order valence-electron chi connectivity index (χ1n) is 6.25. The molecule has 0 aromatic heterocycles. The first kappa shape index (κ1) is 15.5. The van der Waals surface area contributed by atoms with E-state index in [9.17, 15) is 4.39 Å². The van der Waals surface area contributed by atoms with Crippen molar-refractivity contribution >= 4 is 11.8 Å². The lowest BCUT2D eigenvalue weighted by atomic mass is 10.2. The number of hydrogen-bond donors (Lipinski definition) is 1. The van der Waals surface area contributed by atoms with Crippen LogP contribution in [0.4, 0.5) is 4.39 Å². The minimum atomic E-state index is -0.119. The van der Waals surface area contributed by atoms with Gasteiger partial charge in [0.25, 0.3) is 0 Å². The number of rotatable bonds is 8. The molecule has 0 heterocycles. The quantitative estimate of drug-likeness (QED) is 0.579. The molecule has 1 aromatic carbocycles. The average molecular weight is 271 g/mol. The third kappa shape index (κ3) is 5.38. The van der Waals surface area contributed by atoms with E-state index in [2.05, 4.69) is 19.2 Å². The Balaban J connectivity index is 2.61. The fraction of sp³-hybridized carbons (Fsp3) is 0.571. The summed E-state index contributed by atoms with van der Waals surface area (Å²) in [5.41, 5.74) is 1.02. The van der Waals surface area contributed by atoms with Crippen LogP contribution in [0, 0.1) is 11.7 Å². The normalized spacial score (nSPS) is 11.2. The summed E-state index contributed by atoms with van der Waals surface area (Å²) >= 11 is 1.60. The number of ether oxygens (including phenoxy) is 1. The zero-order valence-electron chi connectivity index (χ0n) is 11.3. The monoisotopic (exact) mass is 271 g/mol. The predicted octanol–water partition coefficient (Wildman–Crippen LogP) is 3.31. The third-order valence-electron chi connectivity index (χ3n) is 2.41. The Bertz CT molecular complexity index is 358. The molecule has 0 radical (unpaired) electrons. The molecule has 0 saturated heterocycles. The molecule has 0 spiro atoms. The van der Waals surface area contributed by atoms with E-state index in [4.69, 9.17) is 4.74 Å². The second-order valence-electron chi connectivity index (χ2n) is 4.60. The van der Waals surface area contributed by atoms with Crippen molar-refractivity contribution in [3.05, 3.63) is 29.6 Å². The molecule has 1 N–H and O–H groups in total. The summed E-state index contributed by atoms with van der Waals surface area (Å²) < 4.78 is 18.8. The molecule has 0 aliphatic carbocycles. The molecule has 0 aliphatic heterocycles. The van der Waals surface area contributed by atoms with E-state index < -0.39 is 0 Å². The predicted molar refractivity (Wildman–Crippen MR) is 75.5 cm³/mol. The van der Waals surface area contributed by atoms with Crippen LogP contribution in [0.5, 0.6) is 0 Å². The molecule has 18 heavy (non-hydrogen) atoms. The van der Waals surface area contributed by atoms with Crippen LogP contribution in [0.1, 0.15) is 19.4 Å². The van der Waals surface area contributed by atoms with E-state index in [1.54, 1.807) is 24.9 Å². The van der Waals surface area contributed by atoms with Crippen LogP contribution in [0.15, 0.2) is 23.1 Å². The minimum absolute atomic E-state index is 0.119. The van der Waals surface area contributed by atoms with Crippen LogP contribution < -0.4 is 5.32 Å². The van der Waals surface area contributed by atoms with Crippen molar-refractivity contribution in [2.45, 2.75) is 25.3 Å². The van der Waals surface area contributed by atoms with Crippen LogP contribution in [-0.4, -0.2) is 26.0 Å². The van der Waals surface area contributed by atoms with E-state index in [1.807, 2.05) is 6.07 Å². The van der Waals surface area contributed by atoms with Gasteiger partial charge in [0.05, 0.1) is 6.61 Å². The van der Waals surface area contributed by atoms with Crippen molar-refractivity contribution < 1.29 is 9.13 Å². The summed E-state index contributed by atoms with van der Waals surface area (Å²) in [6.45, 7) is 6.42. The summed E-state index contributed by atoms with van der Waals surface area (Å²) in [4.78, 5) is 0.774. The van der Waals surface area contributed by atoms with Gasteiger partial charge in [-0.05, 0) is 17.5 Å². The third-order valence-corrected chi connectivity index (χ3v) is 3.99. The van der Waals surface area contributed by atoms with Crippen LogP contribution in [0.25, 0.3) is 0 Å². The SMILES string of the molecule is COCCNCc1cccc(F)c1SCC(C)C. The maximum absolute atomic E-state index is 13.8. The summed E-state index contributed by atoms with van der Waals surface area (Å²) in [5, 5.41) is 3.25. The van der Waals surface area contributed by atoms with E-state index in [1.165, 1.54) is 6.07 Å². The van der Waals surface area contributed by atoms with E-state index >= 15 is 0 Å². The van der Waals surface area contributed by atoms with Crippen molar-refractivity contribution in [3.8, 4) is 0 Å². The highest BCUT2D eigenvalue weighted by Gasteiger charge is 2.09. The molecule has 0 atom stereocenters. The fourth-order valence-corrected chi connectivity index (χ4v) is 2.53. The lowest BCUT2D eigenvalue weighted by Crippen LogP contribution is -2.19. The number of nitrogens with one attached hydrogen (secondary N) is 1. The molecule has 0 saturated carbocycles. The lowest BCUT2D eigenvalue weighted by Gasteiger charge is -2.12. The summed E-state index contributed by atoms with van der Waals surface area (Å²) in [6.07, 6.45) is 0. The topological polar surface area (TPSA) is 21.3 Å². The molecular formula is C14H22FNOS. The van der Waals surface area contributed by atoms with E-state index in [0.29, 0.717) is 19.1 Å². The van der Waals surface area contributed by atoms with E-state index in [0.717, 1.165) is 22.8 Å². The van der Waals surface area contributed by atoms with Gasteiger partial charge in [-0.3, -0.25) is 0 Å². The fourth-order valence-electron chi connectivity index (χ4n) is 1.50. The highest BCUT2D eigenvalue weighted by molar-refractivity contribution is 7.99. The largest absolute Gasteiger partial charge is 0.383 e. The molecule has 1 aromatic rings. The van der Waals surface area contributed by atoms with Gasteiger partial charge in [0.2, 0.25) is 0 Å². The highest BCUT2D eigenvalue weighted by atomic mass is 32.2. The number of thioether (sulfide) groups is 1. The van der Waals surface area contributed by atoms with Crippen molar-refractivity contribution in [2.75, 3.05) is 26.0 Å². The lowest BCUT2D eigenvalue weighted by molar-refractivity contribution is 0.199. The molecule has 0 bridgehead atoms. The zero-order valence-corrected chi connectivity index (χ0v) is 12.1. The second kappa shape index (κ2) is 8.51. The summed E-state index contributed by atoms with van der Waals surface area (Å²) in [7, 11) is 1.67. The zero-order chi connectivity index (χ0) is 13.4. The van der Waals surface area contributed by atoms with Crippen molar-refractivity contribution in [1.29, 1.82) is 0 Å². The molecule has 2 nitrogen and oxygen atoms in total. The van der Waals surface area contributed by atoms with Gasteiger partial charge in [-0.1, -0.05) is 26.0 Å². The van der Waals surface area contributed by atoms with Gasteiger partial charge in [-0.25, -0.2) is 4.39 Å². The van der Waals surface area contributed by atoms with Gasteiger partial charge in [0.15, 0.2) is 0 Å². The molecule has 0 aliphatic rings. The molecule has 1 rings (SSSR count). The average Bonchev–Trinajstić information content (AvgIpc) is 2.33. The molecule has 0 unspecified atom stereocenters. The van der Waals surface area contributed by atoms with Gasteiger partial charge >= 0.3 is 0 Å². The maximum Gasteiger partial charge on any atom is 0.137 e. The Labute approximate surface area is 113 Å². The Kier molecular flexibility index (Phi) is 7.32. The number of methoxy groups -OCH3 is 1. The standard InChI is InChI=1S/C14H22FNOS/c1-11(2)10-18-14-12(5-4-6-13(14)15)9-16-7-8-17-3/h4-6,11,16H,7-10H2,1-3H3. The number of hydrogen-bond acceptors (Lipinski definition) is 3. The van der Waals surface area contributed by atoms with Gasteiger partial charge in [-0.15, -0.1) is 11.8 Å². The minimum Gasteiger partial charge on any atom is -0.383 e. The van der Waals surface area contributed by atoms with Crippen LogP contribution in [0.2, 0.25) is 0 Å². The maximum atomic E-state index is 13.8. The molecule has 0 amide bonds. The molecule has 4 heteroatoms.